The molecule has 0 unspecified atom stereocenters. The van der Waals surface area contributed by atoms with E-state index in [4.69, 9.17) is 4.74 Å². The molecule has 3 rings (SSSR count). The van der Waals surface area contributed by atoms with Crippen molar-refractivity contribution in [2.75, 3.05) is 5.32 Å². The first-order valence-corrected chi connectivity index (χ1v) is 6.42. The van der Waals surface area contributed by atoms with Gasteiger partial charge in [-0.15, -0.1) is 10.2 Å². The van der Waals surface area contributed by atoms with Gasteiger partial charge in [0.05, 0.1) is 10.9 Å². The molecule has 0 fully saturated rings. The van der Waals surface area contributed by atoms with Crippen LogP contribution in [-0.4, -0.2) is 21.4 Å². The van der Waals surface area contributed by atoms with Gasteiger partial charge in [0.2, 0.25) is 0 Å². The Morgan fingerprint density at radius 2 is 1.74 bits per heavy atom. The van der Waals surface area contributed by atoms with Crippen LogP contribution in [0.3, 0.4) is 0 Å². The molecule has 0 saturated carbocycles. The lowest BCUT2D eigenvalue weighted by Gasteiger charge is -2.08. The second kappa shape index (κ2) is 5.84. The number of carbonyl (C=O) groups excluding carboxylic acids is 1. The first-order valence-electron chi connectivity index (χ1n) is 6.42. The SMILES string of the molecule is O=C(Nc1ccc(F)cc1)Oc1nnc2ccc(F)cc2c1O. The average Bonchev–Trinajstić information content (AvgIpc) is 2.53. The van der Waals surface area contributed by atoms with E-state index in [-0.39, 0.29) is 16.6 Å². The number of nitrogens with zero attached hydrogens (tertiary/aromatic N) is 2. The van der Waals surface area contributed by atoms with Gasteiger partial charge in [0.15, 0.2) is 5.75 Å². The maximum atomic E-state index is 13.2. The van der Waals surface area contributed by atoms with Gasteiger partial charge in [0.25, 0.3) is 5.88 Å². The number of ether oxygens (including phenoxy) is 1. The van der Waals surface area contributed by atoms with Crippen LogP contribution < -0.4 is 10.1 Å². The molecule has 0 aliphatic carbocycles. The van der Waals surface area contributed by atoms with Crippen LogP contribution in [0.4, 0.5) is 19.3 Å². The van der Waals surface area contributed by atoms with E-state index in [0.717, 1.165) is 24.3 Å². The lowest BCUT2D eigenvalue weighted by Crippen LogP contribution is -2.17. The predicted octanol–water partition coefficient (Wildman–Crippen LogP) is 3.22. The van der Waals surface area contributed by atoms with Crippen LogP contribution in [0, 0.1) is 11.6 Å². The van der Waals surface area contributed by atoms with Crippen LogP contribution in [0.5, 0.6) is 11.6 Å². The highest BCUT2D eigenvalue weighted by Gasteiger charge is 2.15. The van der Waals surface area contributed by atoms with E-state index >= 15 is 0 Å². The fourth-order valence-corrected chi connectivity index (χ4v) is 1.88. The minimum absolute atomic E-state index is 0.0598. The normalized spacial score (nSPS) is 10.5. The van der Waals surface area contributed by atoms with Crippen molar-refractivity contribution in [3.05, 3.63) is 54.1 Å². The highest BCUT2D eigenvalue weighted by molar-refractivity contribution is 5.89. The Morgan fingerprint density at radius 3 is 2.48 bits per heavy atom. The van der Waals surface area contributed by atoms with Gasteiger partial charge in [-0.3, -0.25) is 5.32 Å². The molecule has 2 N–H and O–H groups in total. The van der Waals surface area contributed by atoms with Crippen molar-refractivity contribution in [3.8, 4) is 11.6 Å². The summed E-state index contributed by atoms with van der Waals surface area (Å²) >= 11 is 0. The summed E-state index contributed by atoms with van der Waals surface area (Å²) in [6.07, 6.45) is -0.961. The van der Waals surface area contributed by atoms with Crippen LogP contribution in [0.25, 0.3) is 10.9 Å². The number of hydrogen-bond acceptors (Lipinski definition) is 5. The Labute approximate surface area is 128 Å². The molecule has 3 aromatic rings. The second-order valence-electron chi connectivity index (χ2n) is 4.54. The first-order chi connectivity index (χ1) is 11.0. The molecule has 2 aromatic carbocycles. The number of hydrogen-bond donors (Lipinski definition) is 2. The van der Waals surface area contributed by atoms with Gasteiger partial charge in [-0.25, -0.2) is 13.6 Å². The quantitative estimate of drug-likeness (QED) is 0.758. The van der Waals surface area contributed by atoms with E-state index in [9.17, 15) is 18.7 Å². The van der Waals surface area contributed by atoms with E-state index in [1.165, 1.54) is 18.2 Å². The zero-order valence-corrected chi connectivity index (χ0v) is 11.5. The molecule has 0 spiro atoms. The number of anilines is 1. The fourth-order valence-electron chi connectivity index (χ4n) is 1.88. The minimum atomic E-state index is -0.961. The number of aromatic hydroxyl groups is 1. The van der Waals surface area contributed by atoms with Gasteiger partial charge >= 0.3 is 6.09 Å². The Morgan fingerprint density at radius 1 is 1.04 bits per heavy atom. The lowest BCUT2D eigenvalue weighted by molar-refractivity contribution is 0.210. The Kier molecular flexibility index (Phi) is 3.71. The molecule has 6 nitrogen and oxygen atoms in total. The number of carbonyl (C=O) groups is 1. The van der Waals surface area contributed by atoms with E-state index in [1.807, 2.05) is 0 Å². The first kappa shape index (κ1) is 14.6. The highest BCUT2D eigenvalue weighted by Crippen LogP contribution is 2.31. The molecule has 116 valence electrons. The summed E-state index contributed by atoms with van der Waals surface area (Å²) in [7, 11) is 0. The molecule has 23 heavy (non-hydrogen) atoms. The van der Waals surface area contributed by atoms with Crippen molar-refractivity contribution in [1.29, 1.82) is 0 Å². The van der Waals surface area contributed by atoms with Gasteiger partial charge in [-0.05, 0) is 42.5 Å². The molecule has 8 heteroatoms. The zero-order valence-electron chi connectivity index (χ0n) is 11.5. The van der Waals surface area contributed by atoms with Crippen molar-refractivity contribution in [1.82, 2.24) is 10.2 Å². The van der Waals surface area contributed by atoms with Crippen LogP contribution >= 0.6 is 0 Å². The highest BCUT2D eigenvalue weighted by atomic mass is 19.1. The second-order valence-corrected chi connectivity index (χ2v) is 4.54. The maximum Gasteiger partial charge on any atom is 0.418 e. The third-order valence-electron chi connectivity index (χ3n) is 2.94. The van der Waals surface area contributed by atoms with Gasteiger partial charge in [-0.2, -0.15) is 0 Å². The van der Waals surface area contributed by atoms with Gasteiger partial charge in [0, 0.05) is 5.69 Å². The van der Waals surface area contributed by atoms with E-state index in [2.05, 4.69) is 15.5 Å². The van der Waals surface area contributed by atoms with Crippen molar-refractivity contribution in [2.24, 2.45) is 0 Å². The molecule has 0 aliphatic heterocycles. The largest absolute Gasteiger partial charge is 0.503 e. The van der Waals surface area contributed by atoms with Crippen molar-refractivity contribution in [3.63, 3.8) is 0 Å². The number of rotatable bonds is 2. The fraction of sp³-hybridized carbons (Fsp3) is 0. The number of halogens is 2. The summed E-state index contributed by atoms with van der Waals surface area (Å²) in [6.45, 7) is 0. The smallest absolute Gasteiger partial charge is 0.418 e. The topological polar surface area (TPSA) is 84.3 Å². The third kappa shape index (κ3) is 3.15. The summed E-state index contributed by atoms with van der Waals surface area (Å²) in [5.74, 6) is -2.02. The molecule has 0 saturated heterocycles. The van der Waals surface area contributed by atoms with Gasteiger partial charge in [-0.1, -0.05) is 0 Å². The zero-order chi connectivity index (χ0) is 16.4. The maximum absolute atomic E-state index is 13.2. The molecule has 1 aromatic heterocycles. The Balaban J connectivity index is 1.82. The molecule has 0 atom stereocenters. The molecule has 0 bridgehead atoms. The van der Waals surface area contributed by atoms with Crippen molar-refractivity contribution < 1.29 is 23.4 Å². The number of fused-ring (bicyclic) bond motifs is 1. The van der Waals surface area contributed by atoms with Crippen LogP contribution in [-0.2, 0) is 0 Å². The standard InChI is InChI=1S/C15H9F2N3O3/c16-8-1-4-10(5-2-8)18-15(22)23-14-13(21)11-7-9(17)3-6-12(11)19-20-14/h1-7H,(H,18,22)(H,19,21). The molecule has 0 radical (unpaired) electrons. The predicted molar refractivity (Wildman–Crippen MR) is 77.2 cm³/mol. The van der Waals surface area contributed by atoms with E-state index < -0.39 is 29.4 Å². The van der Waals surface area contributed by atoms with Crippen LogP contribution in [0.2, 0.25) is 0 Å². The number of amides is 1. The van der Waals surface area contributed by atoms with Crippen molar-refractivity contribution in [2.45, 2.75) is 0 Å². The van der Waals surface area contributed by atoms with E-state index in [0.29, 0.717) is 0 Å². The summed E-state index contributed by atoms with van der Waals surface area (Å²) in [5.41, 5.74) is 0.533. The average molecular weight is 317 g/mol. The number of benzene rings is 2. The van der Waals surface area contributed by atoms with Crippen molar-refractivity contribution >= 4 is 22.7 Å². The van der Waals surface area contributed by atoms with E-state index in [1.54, 1.807) is 0 Å². The van der Waals surface area contributed by atoms with Crippen LogP contribution in [0.1, 0.15) is 0 Å². The monoisotopic (exact) mass is 317 g/mol. The molecule has 1 amide bonds. The summed E-state index contributed by atoms with van der Waals surface area (Å²) in [4.78, 5) is 11.7. The Bertz CT molecular complexity index is 885. The third-order valence-corrected chi connectivity index (χ3v) is 2.94. The van der Waals surface area contributed by atoms with Gasteiger partial charge < -0.3 is 9.84 Å². The molecule has 0 aliphatic rings. The summed E-state index contributed by atoms with van der Waals surface area (Å²) in [6, 6.07) is 8.52. The van der Waals surface area contributed by atoms with Crippen LogP contribution in [0.15, 0.2) is 42.5 Å². The molecular weight excluding hydrogens is 308 g/mol. The lowest BCUT2D eigenvalue weighted by atomic mass is 10.2. The number of nitrogens with one attached hydrogen (secondary N) is 1. The minimum Gasteiger partial charge on any atom is -0.503 e. The summed E-state index contributed by atoms with van der Waals surface area (Å²) in [5, 5.41) is 19.7. The number of aromatic nitrogens is 2. The summed E-state index contributed by atoms with van der Waals surface area (Å²) < 4.78 is 30.8. The molecular formula is C15H9F2N3O3. The molecule has 1 heterocycles. The van der Waals surface area contributed by atoms with Gasteiger partial charge in [0.1, 0.15) is 11.6 Å². The Hall–Kier alpha value is -3.29.